The first-order valence-electron chi connectivity index (χ1n) is 7.52. The Morgan fingerprint density at radius 1 is 1.35 bits per heavy atom. The molecule has 0 saturated carbocycles. The Hall–Kier alpha value is -1.16. The summed E-state index contributed by atoms with van der Waals surface area (Å²) < 4.78 is 5.66. The topological polar surface area (TPSA) is 47.0 Å². The van der Waals surface area contributed by atoms with E-state index in [0.29, 0.717) is 18.5 Å². The minimum atomic E-state index is 0.0944. The van der Waals surface area contributed by atoms with E-state index in [2.05, 4.69) is 49.9 Å². The van der Waals surface area contributed by atoms with Gasteiger partial charge in [0, 0.05) is 29.5 Å². The van der Waals surface area contributed by atoms with Gasteiger partial charge in [-0.05, 0) is 40.0 Å². The standard InChI is InChI=1S/C16H29N3O/c1-7-8-12(2)11-20-15-17-9-14(13(3)19-15)10-18-16(4,5)6/h9,12,18H,7-8,10-11H2,1-6H3. The SMILES string of the molecule is CCCC(C)COc1ncc(CNC(C)(C)C)c(C)n1. The van der Waals surface area contributed by atoms with Gasteiger partial charge in [-0.25, -0.2) is 9.97 Å². The molecule has 1 rings (SSSR count). The fraction of sp³-hybridized carbons (Fsp3) is 0.750. The third-order valence-corrected chi connectivity index (χ3v) is 3.15. The molecule has 1 N–H and O–H groups in total. The van der Waals surface area contributed by atoms with Crippen LogP contribution in [0.3, 0.4) is 0 Å². The smallest absolute Gasteiger partial charge is 0.316 e. The number of hydrogen-bond donors (Lipinski definition) is 1. The molecule has 0 amide bonds. The van der Waals surface area contributed by atoms with Crippen LogP contribution in [0.1, 0.15) is 58.7 Å². The van der Waals surface area contributed by atoms with Gasteiger partial charge in [-0.15, -0.1) is 0 Å². The number of aromatic nitrogens is 2. The lowest BCUT2D eigenvalue weighted by atomic mass is 10.1. The number of rotatable bonds is 7. The van der Waals surface area contributed by atoms with E-state index in [-0.39, 0.29) is 5.54 Å². The minimum absolute atomic E-state index is 0.0944. The van der Waals surface area contributed by atoms with E-state index in [9.17, 15) is 0 Å². The maximum absolute atomic E-state index is 5.66. The van der Waals surface area contributed by atoms with E-state index < -0.39 is 0 Å². The van der Waals surface area contributed by atoms with Crippen LogP contribution in [0.25, 0.3) is 0 Å². The second kappa shape index (κ2) is 7.58. The molecule has 114 valence electrons. The number of hydrogen-bond acceptors (Lipinski definition) is 4. The highest BCUT2D eigenvalue weighted by molar-refractivity contribution is 5.17. The minimum Gasteiger partial charge on any atom is -0.463 e. The normalized spacial score (nSPS) is 13.3. The van der Waals surface area contributed by atoms with Crippen LogP contribution >= 0.6 is 0 Å². The fourth-order valence-electron chi connectivity index (χ4n) is 1.87. The molecule has 1 unspecified atom stereocenters. The molecule has 0 aliphatic rings. The van der Waals surface area contributed by atoms with Crippen LogP contribution in [0.2, 0.25) is 0 Å². The highest BCUT2D eigenvalue weighted by Gasteiger charge is 2.11. The molecule has 0 aliphatic heterocycles. The zero-order valence-electron chi connectivity index (χ0n) is 13.8. The number of nitrogens with zero attached hydrogens (tertiary/aromatic N) is 2. The summed E-state index contributed by atoms with van der Waals surface area (Å²) in [7, 11) is 0. The second-order valence-corrected chi connectivity index (χ2v) is 6.57. The van der Waals surface area contributed by atoms with Crippen molar-refractivity contribution in [1.82, 2.24) is 15.3 Å². The fourth-order valence-corrected chi connectivity index (χ4v) is 1.87. The zero-order valence-corrected chi connectivity index (χ0v) is 13.8. The van der Waals surface area contributed by atoms with Gasteiger partial charge in [-0.2, -0.15) is 0 Å². The Balaban J connectivity index is 2.55. The van der Waals surface area contributed by atoms with Crippen LogP contribution < -0.4 is 10.1 Å². The van der Waals surface area contributed by atoms with E-state index in [4.69, 9.17) is 4.74 Å². The van der Waals surface area contributed by atoms with Gasteiger partial charge in [-0.3, -0.25) is 0 Å². The van der Waals surface area contributed by atoms with E-state index in [1.54, 1.807) is 0 Å². The van der Waals surface area contributed by atoms with Crippen molar-refractivity contribution in [2.24, 2.45) is 5.92 Å². The van der Waals surface area contributed by atoms with Crippen molar-refractivity contribution in [1.29, 1.82) is 0 Å². The van der Waals surface area contributed by atoms with Crippen LogP contribution in [0.4, 0.5) is 0 Å². The van der Waals surface area contributed by atoms with Crippen molar-refractivity contribution < 1.29 is 4.74 Å². The van der Waals surface area contributed by atoms with Crippen molar-refractivity contribution >= 4 is 0 Å². The van der Waals surface area contributed by atoms with Gasteiger partial charge in [-0.1, -0.05) is 20.3 Å². The van der Waals surface area contributed by atoms with Crippen LogP contribution in [0, 0.1) is 12.8 Å². The van der Waals surface area contributed by atoms with E-state index in [1.165, 1.54) is 12.8 Å². The van der Waals surface area contributed by atoms with Gasteiger partial charge < -0.3 is 10.1 Å². The van der Waals surface area contributed by atoms with Gasteiger partial charge in [0.15, 0.2) is 0 Å². The van der Waals surface area contributed by atoms with Crippen molar-refractivity contribution in [3.8, 4) is 6.01 Å². The molecule has 0 aliphatic carbocycles. The Bertz CT molecular complexity index is 413. The number of aryl methyl sites for hydroxylation is 1. The lowest BCUT2D eigenvalue weighted by Gasteiger charge is -2.21. The highest BCUT2D eigenvalue weighted by atomic mass is 16.5. The largest absolute Gasteiger partial charge is 0.463 e. The summed E-state index contributed by atoms with van der Waals surface area (Å²) in [4.78, 5) is 8.73. The molecule has 4 nitrogen and oxygen atoms in total. The molecule has 0 aromatic carbocycles. The average molecular weight is 279 g/mol. The Labute approximate surface area is 123 Å². The molecule has 0 radical (unpaired) electrons. The molecule has 0 bridgehead atoms. The van der Waals surface area contributed by atoms with E-state index in [0.717, 1.165) is 17.8 Å². The highest BCUT2D eigenvalue weighted by Crippen LogP contribution is 2.12. The summed E-state index contributed by atoms with van der Waals surface area (Å²) in [5.41, 5.74) is 2.20. The second-order valence-electron chi connectivity index (χ2n) is 6.57. The summed E-state index contributed by atoms with van der Waals surface area (Å²) in [5.74, 6) is 0.547. The average Bonchev–Trinajstić information content (AvgIpc) is 2.34. The summed E-state index contributed by atoms with van der Waals surface area (Å²) >= 11 is 0. The quantitative estimate of drug-likeness (QED) is 0.830. The molecule has 20 heavy (non-hydrogen) atoms. The predicted molar refractivity (Wildman–Crippen MR) is 82.9 cm³/mol. The van der Waals surface area contributed by atoms with Gasteiger partial charge >= 0.3 is 6.01 Å². The van der Waals surface area contributed by atoms with Crippen molar-refractivity contribution in [2.75, 3.05) is 6.61 Å². The summed E-state index contributed by atoms with van der Waals surface area (Å²) in [6.45, 7) is 14.3. The molecule has 1 atom stereocenters. The lowest BCUT2D eigenvalue weighted by Crippen LogP contribution is -2.35. The molecule has 0 fully saturated rings. The number of nitrogens with one attached hydrogen (secondary N) is 1. The van der Waals surface area contributed by atoms with Gasteiger partial charge in [0.2, 0.25) is 0 Å². The van der Waals surface area contributed by atoms with Crippen LogP contribution in [-0.4, -0.2) is 22.1 Å². The van der Waals surface area contributed by atoms with Crippen LogP contribution in [-0.2, 0) is 6.54 Å². The Morgan fingerprint density at radius 3 is 2.60 bits per heavy atom. The molecule has 1 aromatic rings. The summed E-state index contributed by atoms with van der Waals surface area (Å²) in [6, 6.07) is 0.491. The van der Waals surface area contributed by atoms with Crippen LogP contribution in [0.15, 0.2) is 6.20 Å². The Kier molecular flexibility index (Phi) is 6.40. The van der Waals surface area contributed by atoms with Crippen molar-refractivity contribution in [2.45, 2.75) is 66.5 Å². The van der Waals surface area contributed by atoms with E-state index >= 15 is 0 Å². The van der Waals surface area contributed by atoms with Gasteiger partial charge in [0.25, 0.3) is 0 Å². The van der Waals surface area contributed by atoms with Gasteiger partial charge in [0.05, 0.1) is 6.61 Å². The first-order chi connectivity index (χ1) is 9.31. The maximum Gasteiger partial charge on any atom is 0.316 e. The molecule has 1 aromatic heterocycles. The summed E-state index contributed by atoms with van der Waals surface area (Å²) in [6.07, 6.45) is 4.22. The van der Waals surface area contributed by atoms with Crippen LogP contribution in [0.5, 0.6) is 6.01 Å². The van der Waals surface area contributed by atoms with E-state index in [1.807, 2.05) is 13.1 Å². The third kappa shape index (κ3) is 6.33. The third-order valence-electron chi connectivity index (χ3n) is 3.15. The Morgan fingerprint density at radius 2 is 2.05 bits per heavy atom. The molecule has 4 heteroatoms. The predicted octanol–water partition coefficient (Wildman–Crippen LogP) is 3.49. The first-order valence-corrected chi connectivity index (χ1v) is 7.52. The lowest BCUT2D eigenvalue weighted by molar-refractivity contribution is 0.233. The molecular weight excluding hydrogens is 250 g/mol. The van der Waals surface area contributed by atoms with Gasteiger partial charge in [0.1, 0.15) is 0 Å². The molecule has 1 heterocycles. The molecular formula is C16H29N3O. The zero-order chi connectivity index (χ0) is 15.2. The maximum atomic E-state index is 5.66. The molecule has 0 spiro atoms. The first kappa shape index (κ1) is 16.9. The number of ether oxygens (including phenoxy) is 1. The summed E-state index contributed by atoms with van der Waals surface area (Å²) in [5, 5.41) is 3.44. The molecule has 0 saturated heterocycles. The van der Waals surface area contributed by atoms with Crippen molar-refractivity contribution in [3.05, 3.63) is 17.5 Å². The monoisotopic (exact) mass is 279 g/mol. The van der Waals surface area contributed by atoms with Crippen molar-refractivity contribution in [3.63, 3.8) is 0 Å².